The number of anilines is 1. The summed E-state index contributed by atoms with van der Waals surface area (Å²) in [6.07, 6.45) is 1.33. The molecule has 2 heterocycles. The van der Waals surface area contributed by atoms with E-state index in [0.717, 1.165) is 17.0 Å². The first-order chi connectivity index (χ1) is 9.40. The normalized spacial score (nSPS) is 10.6. The monoisotopic (exact) mass is 294 g/mol. The maximum Gasteiger partial charge on any atom is 0.337 e. The zero-order valence-electron chi connectivity index (χ0n) is 11.4. The van der Waals surface area contributed by atoms with Crippen LogP contribution in [0.4, 0.5) is 5.82 Å². The Labute approximate surface area is 121 Å². The van der Waals surface area contributed by atoms with Crippen molar-refractivity contribution in [2.75, 3.05) is 5.32 Å². The van der Waals surface area contributed by atoms with Crippen molar-refractivity contribution in [3.8, 4) is 0 Å². The zero-order chi connectivity index (χ0) is 14.9. The third-order valence-electron chi connectivity index (χ3n) is 3.19. The van der Waals surface area contributed by atoms with Crippen LogP contribution in [0.15, 0.2) is 12.3 Å². The Morgan fingerprint density at radius 1 is 1.50 bits per heavy atom. The summed E-state index contributed by atoms with van der Waals surface area (Å²) in [6.45, 7) is 4.44. The van der Waals surface area contributed by atoms with E-state index in [4.69, 9.17) is 16.7 Å². The van der Waals surface area contributed by atoms with Gasteiger partial charge in [-0.3, -0.25) is 4.68 Å². The Balaban J connectivity index is 2.19. The van der Waals surface area contributed by atoms with Gasteiger partial charge in [-0.1, -0.05) is 11.6 Å². The van der Waals surface area contributed by atoms with Gasteiger partial charge in [-0.15, -0.1) is 0 Å². The summed E-state index contributed by atoms with van der Waals surface area (Å²) >= 11 is 5.78. The number of aromatic nitrogens is 3. The quantitative estimate of drug-likeness (QED) is 0.905. The molecule has 2 aromatic rings. The number of rotatable bonds is 4. The van der Waals surface area contributed by atoms with E-state index in [1.165, 1.54) is 12.3 Å². The van der Waals surface area contributed by atoms with Gasteiger partial charge < -0.3 is 10.4 Å². The van der Waals surface area contributed by atoms with E-state index in [1.54, 1.807) is 0 Å². The van der Waals surface area contributed by atoms with E-state index in [0.29, 0.717) is 12.4 Å². The van der Waals surface area contributed by atoms with Gasteiger partial charge in [-0.05, 0) is 19.9 Å². The van der Waals surface area contributed by atoms with Crippen LogP contribution in [-0.4, -0.2) is 25.8 Å². The molecule has 2 rings (SSSR count). The van der Waals surface area contributed by atoms with Crippen LogP contribution in [0.1, 0.15) is 27.3 Å². The van der Waals surface area contributed by atoms with E-state index >= 15 is 0 Å². The molecule has 20 heavy (non-hydrogen) atoms. The van der Waals surface area contributed by atoms with Crippen LogP contribution in [0, 0.1) is 13.8 Å². The van der Waals surface area contributed by atoms with Gasteiger partial charge in [-0.25, -0.2) is 9.78 Å². The van der Waals surface area contributed by atoms with E-state index in [1.807, 2.05) is 25.6 Å². The standard InChI is InChI=1S/C13H15ClN4O2/c1-7-10(8(2)18(3)17-7)5-15-12-4-9(13(19)20)11(14)6-16-12/h4,6H,5H2,1-3H3,(H,15,16)(H,19,20). The van der Waals surface area contributed by atoms with Gasteiger partial charge in [0, 0.05) is 31.0 Å². The van der Waals surface area contributed by atoms with Gasteiger partial charge >= 0.3 is 5.97 Å². The summed E-state index contributed by atoms with van der Waals surface area (Å²) < 4.78 is 1.81. The van der Waals surface area contributed by atoms with Crippen LogP contribution < -0.4 is 5.32 Å². The Morgan fingerprint density at radius 2 is 2.20 bits per heavy atom. The van der Waals surface area contributed by atoms with Crippen LogP contribution in [0.3, 0.4) is 0 Å². The topological polar surface area (TPSA) is 80.0 Å². The molecular formula is C13H15ClN4O2. The molecule has 2 N–H and O–H groups in total. The minimum absolute atomic E-state index is 0.0313. The number of carboxylic acid groups (broad SMARTS) is 1. The predicted molar refractivity (Wildman–Crippen MR) is 76.2 cm³/mol. The van der Waals surface area contributed by atoms with Crippen LogP contribution in [-0.2, 0) is 13.6 Å². The molecule has 0 spiro atoms. The number of carboxylic acids is 1. The summed E-state index contributed by atoms with van der Waals surface area (Å²) in [4.78, 5) is 15.1. The molecule has 0 atom stereocenters. The number of hydrogen-bond donors (Lipinski definition) is 2. The number of nitrogens with one attached hydrogen (secondary N) is 1. The molecule has 106 valence electrons. The van der Waals surface area contributed by atoms with E-state index in [9.17, 15) is 4.79 Å². The van der Waals surface area contributed by atoms with Crippen LogP contribution in [0.5, 0.6) is 0 Å². The predicted octanol–water partition coefficient (Wildman–Crippen LogP) is 2.40. The molecular weight excluding hydrogens is 280 g/mol. The lowest BCUT2D eigenvalue weighted by atomic mass is 10.2. The number of hydrogen-bond acceptors (Lipinski definition) is 4. The number of halogens is 1. The summed E-state index contributed by atoms with van der Waals surface area (Å²) in [5.74, 6) is -0.608. The van der Waals surface area contributed by atoms with Gasteiger partial charge in [0.1, 0.15) is 5.82 Å². The second kappa shape index (κ2) is 5.50. The lowest BCUT2D eigenvalue weighted by Gasteiger charge is -2.07. The lowest BCUT2D eigenvalue weighted by Crippen LogP contribution is -2.06. The zero-order valence-corrected chi connectivity index (χ0v) is 12.2. The molecule has 0 radical (unpaired) electrons. The minimum Gasteiger partial charge on any atom is -0.478 e. The maximum atomic E-state index is 11.0. The summed E-state index contributed by atoms with van der Waals surface area (Å²) in [6, 6.07) is 1.42. The van der Waals surface area contributed by atoms with Crippen LogP contribution >= 0.6 is 11.6 Å². The minimum atomic E-state index is -1.07. The molecule has 0 saturated heterocycles. The molecule has 2 aromatic heterocycles. The number of aromatic carboxylic acids is 1. The fourth-order valence-corrected chi connectivity index (χ4v) is 2.14. The number of pyridine rings is 1. The summed E-state index contributed by atoms with van der Waals surface area (Å²) in [7, 11) is 1.88. The highest BCUT2D eigenvalue weighted by molar-refractivity contribution is 6.33. The molecule has 0 aliphatic heterocycles. The number of aryl methyl sites for hydroxylation is 2. The Kier molecular flexibility index (Phi) is 3.94. The second-order valence-corrected chi connectivity index (χ2v) is 4.89. The smallest absolute Gasteiger partial charge is 0.337 e. The highest BCUT2D eigenvalue weighted by atomic mass is 35.5. The molecule has 0 aliphatic carbocycles. The second-order valence-electron chi connectivity index (χ2n) is 4.48. The third kappa shape index (κ3) is 2.75. The van der Waals surface area contributed by atoms with Crippen molar-refractivity contribution < 1.29 is 9.90 Å². The fraction of sp³-hybridized carbons (Fsp3) is 0.308. The highest BCUT2D eigenvalue weighted by Crippen LogP contribution is 2.19. The molecule has 7 heteroatoms. The van der Waals surface area contributed by atoms with Crippen molar-refractivity contribution in [1.82, 2.24) is 14.8 Å². The van der Waals surface area contributed by atoms with Crippen molar-refractivity contribution in [2.45, 2.75) is 20.4 Å². The highest BCUT2D eigenvalue weighted by Gasteiger charge is 2.12. The van der Waals surface area contributed by atoms with Gasteiger partial charge in [0.2, 0.25) is 0 Å². The Morgan fingerprint density at radius 3 is 2.75 bits per heavy atom. The molecule has 0 saturated carbocycles. The van der Waals surface area contributed by atoms with E-state index in [-0.39, 0.29) is 10.6 Å². The van der Waals surface area contributed by atoms with Crippen molar-refractivity contribution in [1.29, 1.82) is 0 Å². The molecule has 0 aliphatic rings. The molecule has 0 amide bonds. The van der Waals surface area contributed by atoms with Gasteiger partial charge in [0.05, 0.1) is 16.3 Å². The number of carbonyl (C=O) groups is 1. The SMILES string of the molecule is Cc1nn(C)c(C)c1CNc1cc(C(=O)O)c(Cl)cn1. The fourth-order valence-electron chi connectivity index (χ4n) is 1.95. The third-order valence-corrected chi connectivity index (χ3v) is 3.49. The average molecular weight is 295 g/mol. The van der Waals surface area contributed by atoms with Crippen molar-refractivity contribution in [3.05, 3.63) is 39.8 Å². The van der Waals surface area contributed by atoms with Crippen molar-refractivity contribution in [3.63, 3.8) is 0 Å². The Bertz CT molecular complexity index is 667. The van der Waals surface area contributed by atoms with Crippen LogP contribution in [0.2, 0.25) is 5.02 Å². The molecule has 0 fully saturated rings. The van der Waals surface area contributed by atoms with Crippen LogP contribution in [0.25, 0.3) is 0 Å². The molecule has 0 bridgehead atoms. The molecule has 6 nitrogen and oxygen atoms in total. The van der Waals surface area contributed by atoms with Crippen molar-refractivity contribution >= 4 is 23.4 Å². The Hall–Kier alpha value is -2.08. The van der Waals surface area contributed by atoms with Crippen molar-refractivity contribution in [2.24, 2.45) is 7.05 Å². The van der Waals surface area contributed by atoms with Gasteiger partial charge in [0.15, 0.2) is 0 Å². The summed E-state index contributed by atoms with van der Waals surface area (Å²) in [5, 5.41) is 16.6. The number of nitrogens with zero attached hydrogens (tertiary/aromatic N) is 3. The summed E-state index contributed by atoms with van der Waals surface area (Å²) in [5.41, 5.74) is 3.09. The maximum absolute atomic E-state index is 11.0. The molecule has 0 aromatic carbocycles. The first-order valence-corrected chi connectivity index (χ1v) is 6.39. The largest absolute Gasteiger partial charge is 0.478 e. The average Bonchev–Trinajstić information content (AvgIpc) is 2.62. The van der Waals surface area contributed by atoms with E-state index in [2.05, 4.69) is 15.4 Å². The first-order valence-electron chi connectivity index (χ1n) is 6.02. The lowest BCUT2D eigenvalue weighted by molar-refractivity contribution is 0.0697. The van der Waals surface area contributed by atoms with Gasteiger partial charge in [-0.2, -0.15) is 5.10 Å². The molecule has 0 unspecified atom stereocenters. The van der Waals surface area contributed by atoms with E-state index < -0.39 is 5.97 Å². The van der Waals surface area contributed by atoms with Gasteiger partial charge in [0.25, 0.3) is 0 Å². The first kappa shape index (κ1) is 14.3.